The summed E-state index contributed by atoms with van der Waals surface area (Å²) in [4.78, 5) is 41.4. The monoisotopic (exact) mass is 585 g/mol. The molecule has 12 nitrogen and oxygen atoms in total. The van der Waals surface area contributed by atoms with E-state index in [0.717, 1.165) is 5.69 Å². The third-order valence-electron chi connectivity index (χ3n) is 7.67. The van der Waals surface area contributed by atoms with Crippen molar-refractivity contribution in [3.05, 3.63) is 72.3 Å². The van der Waals surface area contributed by atoms with Crippen LogP contribution in [0.1, 0.15) is 23.2 Å². The molecule has 2 amide bonds. The number of carbonyl (C=O) groups excluding carboxylic acids is 3. The zero-order valence-electron chi connectivity index (χ0n) is 23.9. The highest BCUT2D eigenvalue weighted by Gasteiger charge is 2.31. The molecule has 0 bridgehead atoms. The molecular weight excluding hydrogens is 550 g/mol. The highest BCUT2D eigenvalue weighted by Crippen LogP contribution is 2.31. The number of aromatic hydroxyl groups is 1. The molecule has 2 fully saturated rings. The number of para-hydroxylation sites is 1. The number of phenols is 1. The average Bonchev–Trinajstić information content (AvgIpc) is 3.00. The third-order valence-corrected chi connectivity index (χ3v) is 7.67. The van der Waals surface area contributed by atoms with Gasteiger partial charge >= 0.3 is 0 Å². The smallest absolute Gasteiger partial charge is 0.244 e. The van der Waals surface area contributed by atoms with Crippen molar-refractivity contribution in [2.75, 3.05) is 50.5 Å². The molecule has 0 atom stereocenters. The molecule has 1 saturated carbocycles. The molecule has 43 heavy (non-hydrogen) atoms. The fraction of sp³-hybridized carbons (Fsp3) is 0.323. The van der Waals surface area contributed by atoms with Gasteiger partial charge < -0.3 is 31.1 Å². The van der Waals surface area contributed by atoms with E-state index in [1.54, 1.807) is 49.6 Å². The van der Waals surface area contributed by atoms with Crippen LogP contribution in [-0.2, 0) is 9.59 Å². The third kappa shape index (κ3) is 7.46. The van der Waals surface area contributed by atoms with E-state index in [4.69, 9.17) is 10.5 Å². The number of piperazine rings is 1. The van der Waals surface area contributed by atoms with Crippen LogP contribution in [0.25, 0.3) is 11.3 Å². The molecule has 2 heterocycles. The molecular formula is C31H35N7O5. The fourth-order valence-corrected chi connectivity index (χ4v) is 5.20. The number of anilines is 2. The predicted molar refractivity (Wildman–Crippen MR) is 162 cm³/mol. The number of carbonyl (C=O) groups is 3. The predicted octanol–water partition coefficient (Wildman–Crippen LogP) is 1.76. The highest BCUT2D eigenvalue weighted by molar-refractivity contribution is 6.07. The number of nitrogen functional groups attached to an aromatic ring is 1. The number of phenolic OH excluding ortho intramolecular Hbond substituents is 1. The molecule has 5 N–H and O–H groups in total. The first kappa shape index (κ1) is 29.5. The number of ether oxygens (including phenoxy) is 1. The number of nitrogens with one attached hydrogen (secondary N) is 2. The maximum Gasteiger partial charge on any atom is 0.244 e. The highest BCUT2D eigenvalue weighted by atomic mass is 16.5. The summed E-state index contributed by atoms with van der Waals surface area (Å²) >= 11 is 0. The average molecular weight is 586 g/mol. The summed E-state index contributed by atoms with van der Waals surface area (Å²) in [6.07, 6.45) is 3.76. The standard InChI is InChI=1S/C31H35N7O5/c1-43-23-8-6-20(7-9-23)27(39)10-11-29(41)33-21-16-22(17-21)34-30(42)19-37-12-14-38(15-13-37)26-18-25(35-36-31(26)32)24-4-2-3-5-28(24)40/h2-11,18,21-22,40H,12-17,19H2,1H3,(H2,32,36)(H,33,41)(H,34,42)/b11-10+/t21-,22-. The summed E-state index contributed by atoms with van der Waals surface area (Å²) in [5.74, 6) is 0.426. The van der Waals surface area contributed by atoms with Gasteiger partial charge in [0, 0.05) is 55.5 Å². The van der Waals surface area contributed by atoms with Crippen molar-refractivity contribution in [2.45, 2.75) is 24.9 Å². The molecule has 0 unspecified atom stereocenters. The summed E-state index contributed by atoms with van der Waals surface area (Å²) in [5.41, 5.74) is 8.47. The number of nitrogens with two attached hydrogens (primary N) is 1. The SMILES string of the molecule is COc1ccc(C(=O)/C=C/C(=O)N[C@H]2C[C@H](NC(=O)CN3CCN(c4cc(-c5ccccc5O)nnc4N)CC3)C2)cc1. The number of methoxy groups -OCH3 is 1. The number of hydrogen-bond donors (Lipinski definition) is 4. The van der Waals surface area contributed by atoms with Crippen molar-refractivity contribution >= 4 is 29.1 Å². The molecule has 0 radical (unpaired) electrons. The van der Waals surface area contributed by atoms with E-state index in [0.29, 0.717) is 67.4 Å². The number of benzene rings is 2. The van der Waals surface area contributed by atoms with Gasteiger partial charge in [-0.05, 0) is 61.4 Å². The van der Waals surface area contributed by atoms with Crippen LogP contribution >= 0.6 is 0 Å². The Balaban J connectivity index is 1.02. The van der Waals surface area contributed by atoms with E-state index >= 15 is 0 Å². The van der Waals surface area contributed by atoms with Crippen LogP contribution in [0.4, 0.5) is 11.5 Å². The summed E-state index contributed by atoms with van der Waals surface area (Å²) < 4.78 is 5.08. The summed E-state index contributed by atoms with van der Waals surface area (Å²) in [6.45, 7) is 2.95. The van der Waals surface area contributed by atoms with Gasteiger partial charge in [-0.1, -0.05) is 12.1 Å². The Morgan fingerprint density at radius 2 is 1.67 bits per heavy atom. The Labute approximate surface area is 249 Å². The first-order valence-corrected chi connectivity index (χ1v) is 14.1. The Morgan fingerprint density at radius 1 is 0.977 bits per heavy atom. The molecule has 5 rings (SSSR count). The fourth-order valence-electron chi connectivity index (χ4n) is 5.20. The lowest BCUT2D eigenvalue weighted by atomic mass is 9.86. The van der Waals surface area contributed by atoms with Crippen LogP contribution in [0.5, 0.6) is 11.5 Å². The van der Waals surface area contributed by atoms with Gasteiger partial charge in [-0.2, -0.15) is 0 Å². The van der Waals surface area contributed by atoms with Crippen molar-refractivity contribution in [1.82, 2.24) is 25.7 Å². The van der Waals surface area contributed by atoms with Crippen LogP contribution in [-0.4, -0.2) is 89.7 Å². The molecule has 1 aliphatic heterocycles. The topological polar surface area (TPSA) is 163 Å². The van der Waals surface area contributed by atoms with E-state index in [2.05, 4.69) is 30.6 Å². The van der Waals surface area contributed by atoms with E-state index < -0.39 is 0 Å². The zero-order chi connectivity index (χ0) is 30.3. The molecule has 0 spiro atoms. The summed E-state index contributed by atoms with van der Waals surface area (Å²) in [6, 6.07) is 15.4. The molecule has 1 saturated heterocycles. The Kier molecular flexibility index (Phi) is 9.16. The minimum Gasteiger partial charge on any atom is -0.507 e. The number of nitrogens with zero attached hydrogens (tertiary/aromatic N) is 4. The van der Waals surface area contributed by atoms with Gasteiger partial charge in [-0.25, -0.2) is 0 Å². The molecule has 12 heteroatoms. The van der Waals surface area contributed by atoms with Crippen molar-refractivity contribution < 1.29 is 24.2 Å². The van der Waals surface area contributed by atoms with E-state index in [1.165, 1.54) is 12.2 Å². The first-order valence-electron chi connectivity index (χ1n) is 14.1. The Hall–Kier alpha value is -4.97. The number of amides is 2. The van der Waals surface area contributed by atoms with Crippen LogP contribution in [0.2, 0.25) is 0 Å². The number of hydrogen-bond acceptors (Lipinski definition) is 10. The van der Waals surface area contributed by atoms with Crippen LogP contribution in [0, 0.1) is 0 Å². The van der Waals surface area contributed by atoms with E-state index in [1.807, 2.05) is 12.1 Å². The number of rotatable bonds is 10. The van der Waals surface area contributed by atoms with Crippen LogP contribution in [0.3, 0.4) is 0 Å². The second-order valence-electron chi connectivity index (χ2n) is 10.6. The molecule has 2 aromatic carbocycles. The minimum absolute atomic E-state index is 0.000449. The van der Waals surface area contributed by atoms with Gasteiger partial charge in [0.25, 0.3) is 0 Å². The normalized spacial score (nSPS) is 18.6. The number of allylic oxidation sites excluding steroid dienone is 1. The largest absolute Gasteiger partial charge is 0.507 e. The molecule has 224 valence electrons. The van der Waals surface area contributed by atoms with Crippen molar-refractivity contribution in [1.29, 1.82) is 0 Å². The molecule has 3 aromatic rings. The molecule has 1 aromatic heterocycles. The number of ketones is 1. The second kappa shape index (κ2) is 13.3. The summed E-state index contributed by atoms with van der Waals surface area (Å²) in [7, 11) is 1.55. The Bertz CT molecular complexity index is 1500. The van der Waals surface area contributed by atoms with E-state index in [-0.39, 0.29) is 42.0 Å². The number of aromatic nitrogens is 2. The maximum absolute atomic E-state index is 12.7. The summed E-state index contributed by atoms with van der Waals surface area (Å²) in [5, 5.41) is 24.3. The zero-order valence-corrected chi connectivity index (χ0v) is 23.9. The van der Waals surface area contributed by atoms with Crippen LogP contribution < -0.4 is 26.0 Å². The lowest BCUT2D eigenvalue weighted by Gasteiger charge is -2.38. The molecule has 2 aliphatic rings. The maximum atomic E-state index is 12.7. The van der Waals surface area contributed by atoms with Crippen LogP contribution in [0.15, 0.2) is 66.7 Å². The van der Waals surface area contributed by atoms with Crippen molar-refractivity contribution in [2.24, 2.45) is 0 Å². The van der Waals surface area contributed by atoms with Crippen molar-refractivity contribution in [3.63, 3.8) is 0 Å². The van der Waals surface area contributed by atoms with Crippen molar-refractivity contribution in [3.8, 4) is 22.8 Å². The minimum atomic E-state index is -0.341. The van der Waals surface area contributed by atoms with Gasteiger partial charge in [0.2, 0.25) is 11.8 Å². The van der Waals surface area contributed by atoms with Gasteiger partial charge in [0.15, 0.2) is 11.6 Å². The van der Waals surface area contributed by atoms with Gasteiger partial charge in [-0.15, -0.1) is 10.2 Å². The molecule has 1 aliphatic carbocycles. The second-order valence-corrected chi connectivity index (χ2v) is 10.6. The Morgan fingerprint density at radius 3 is 2.37 bits per heavy atom. The first-order chi connectivity index (χ1) is 20.8. The van der Waals surface area contributed by atoms with E-state index in [9.17, 15) is 19.5 Å². The van der Waals surface area contributed by atoms with Gasteiger partial charge in [0.1, 0.15) is 11.5 Å². The van der Waals surface area contributed by atoms with Gasteiger partial charge in [-0.3, -0.25) is 19.3 Å². The van der Waals surface area contributed by atoms with Gasteiger partial charge in [0.05, 0.1) is 25.0 Å². The quantitative estimate of drug-likeness (QED) is 0.204. The lowest BCUT2D eigenvalue weighted by molar-refractivity contribution is -0.123. The lowest BCUT2D eigenvalue weighted by Crippen LogP contribution is -2.56.